The summed E-state index contributed by atoms with van der Waals surface area (Å²) >= 11 is 0. The maximum absolute atomic E-state index is 13.3. The number of nitrogens with one attached hydrogen (secondary N) is 2. The number of hydrogen-bond donors (Lipinski definition) is 3. The van der Waals surface area contributed by atoms with Crippen LogP contribution in [0.4, 0.5) is 18.0 Å². The summed E-state index contributed by atoms with van der Waals surface area (Å²) in [6.07, 6.45) is -7.00. The monoisotopic (exact) mass is 342 g/mol. The standard InChI is InChI=1S/C13H25F3N2O3Si/c1-12(2,3)22(4,5)21-10-8(13(14,15)16)6-17-7-9(10)18-11(19)20/h8-10,17-18H,6-7H2,1-5H3,(H,19,20)/t8-,9+,10-/m0/s1. The Labute approximate surface area is 129 Å². The second-order valence-corrected chi connectivity index (χ2v) is 12.0. The third-order valence-electron chi connectivity index (χ3n) is 4.49. The molecule has 1 heterocycles. The van der Waals surface area contributed by atoms with Gasteiger partial charge >= 0.3 is 12.3 Å². The molecular formula is C13H25F3N2O3Si. The maximum Gasteiger partial charge on any atom is 0.405 e. The Morgan fingerprint density at radius 1 is 1.27 bits per heavy atom. The van der Waals surface area contributed by atoms with E-state index >= 15 is 0 Å². The van der Waals surface area contributed by atoms with Gasteiger partial charge in [0.25, 0.3) is 0 Å². The van der Waals surface area contributed by atoms with Crippen molar-refractivity contribution in [1.29, 1.82) is 0 Å². The first-order valence-corrected chi connectivity index (χ1v) is 10.1. The molecule has 1 saturated heterocycles. The molecule has 1 amide bonds. The number of alkyl halides is 3. The number of amides is 1. The van der Waals surface area contributed by atoms with Gasteiger partial charge in [-0.2, -0.15) is 13.2 Å². The van der Waals surface area contributed by atoms with Gasteiger partial charge in [0.05, 0.1) is 18.1 Å². The molecule has 0 unspecified atom stereocenters. The van der Waals surface area contributed by atoms with E-state index in [4.69, 9.17) is 9.53 Å². The summed E-state index contributed by atoms with van der Waals surface area (Å²) in [4.78, 5) is 10.9. The van der Waals surface area contributed by atoms with Gasteiger partial charge in [-0.3, -0.25) is 0 Å². The molecule has 1 aliphatic rings. The molecule has 130 valence electrons. The Bertz CT molecular complexity index is 410. The molecule has 0 saturated carbocycles. The predicted octanol–water partition coefficient (Wildman–Crippen LogP) is 2.79. The van der Waals surface area contributed by atoms with Crippen molar-refractivity contribution in [2.24, 2.45) is 5.92 Å². The smallest absolute Gasteiger partial charge is 0.405 e. The minimum atomic E-state index is -4.45. The van der Waals surface area contributed by atoms with Gasteiger partial charge in [0.1, 0.15) is 0 Å². The zero-order valence-electron chi connectivity index (χ0n) is 13.5. The van der Waals surface area contributed by atoms with Gasteiger partial charge in [-0.05, 0) is 18.1 Å². The van der Waals surface area contributed by atoms with Crippen LogP contribution in [0.1, 0.15) is 20.8 Å². The molecule has 22 heavy (non-hydrogen) atoms. The van der Waals surface area contributed by atoms with Crippen LogP contribution in [0.2, 0.25) is 18.1 Å². The van der Waals surface area contributed by atoms with Crippen LogP contribution in [-0.4, -0.2) is 50.9 Å². The van der Waals surface area contributed by atoms with Gasteiger partial charge in [-0.1, -0.05) is 20.8 Å². The van der Waals surface area contributed by atoms with E-state index in [0.717, 1.165) is 0 Å². The Kier molecular flexibility index (Phi) is 5.57. The maximum atomic E-state index is 13.3. The molecule has 0 bridgehead atoms. The summed E-state index contributed by atoms with van der Waals surface area (Å²) in [5, 5.41) is 13.4. The van der Waals surface area contributed by atoms with Crippen LogP contribution in [0.25, 0.3) is 0 Å². The first-order chi connectivity index (χ1) is 9.75. The van der Waals surface area contributed by atoms with E-state index in [1.807, 2.05) is 33.9 Å². The Morgan fingerprint density at radius 2 is 1.82 bits per heavy atom. The van der Waals surface area contributed by atoms with Crippen molar-refractivity contribution in [2.75, 3.05) is 13.1 Å². The van der Waals surface area contributed by atoms with Gasteiger partial charge in [0.15, 0.2) is 8.32 Å². The lowest BCUT2D eigenvalue weighted by molar-refractivity contribution is -0.204. The van der Waals surface area contributed by atoms with E-state index in [2.05, 4.69) is 10.6 Å². The van der Waals surface area contributed by atoms with Crippen LogP contribution < -0.4 is 10.6 Å². The molecule has 9 heteroatoms. The van der Waals surface area contributed by atoms with Crippen molar-refractivity contribution in [3.8, 4) is 0 Å². The first-order valence-electron chi connectivity index (χ1n) is 7.20. The van der Waals surface area contributed by atoms with Crippen LogP contribution in [0, 0.1) is 5.92 Å². The molecule has 3 atom stereocenters. The second-order valence-electron chi connectivity index (χ2n) is 7.21. The SMILES string of the molecule is CC(C)(C)[Si](C)(C)O[C@@H]1[C@H](NC(=O)O)CNC[C@@H]1C(F)(F)F. The largest absolute Gasteiger partial charge is 0.465 e. The molecule has 0 aromatic rings. The molecule has 0 radical (unpaired) electrons. The fourth-order valence-corrected chi connectivity index (χ4v) is 3.54. The molecule has 1 rings (SSSR count). The molecule has 5 nitrogen and oxygen atoms in total. The molecular weight excluding hydrogens is 317 g/mol. The summed E-state index contributed by atoms with van der Waals surface area (Å²) < 4.78 is 45.8. The van der Waals surface area contributed by atoms with E-state index < -0.39 is 38.7 Å². The fourth-order valence-electron chi connectivity index (χ4n) is 2.18. The molecule has 3 N–H and O–H groups in total. The van der Waals surface area contributed by atoms with Crippen LogP contribution in [0.3, 0.4) is 0 Å². The number of piperidine rings is 1. The zero-order valence-corrected chi connectivity index (χ0v) is 14.5. The molecule has 0 spiro atoms. The second kappa shape index (κ2) is 6.36. The van der Waals surface area contributed by atoms with Crippen molar-refractivity contribution in [1.82, 2.24) is 10.6 Å². The first kappa shape index (κ1) is 19.2. The molecule has 1 aliphatic heterocycles. The van der Waals surface area contributed by atoms with Gasteiger partial charge in [-0.25, -0.2) is 4.79 Å². The number of hydrogen-bond acceptors (Lipinski definition) is 3. The van der Waals surface area contributed by atoms with E-state index in [-0.39, 0.29) is 18.1 Å². The summed E-state index contributed by atoms with van der Waals surface area (Å²) in [5.74, 6) is -1.73. The average Bonchev–Trinajstić information content (AvgIpc) is 2.27. The molecule has 0 aromatic heterocycles. The summed E-state index contributed by atoms with van der Waals surface area (Å²) in [7, 11) is -2.47. The minimum Gasteiger partial charge on any atom is -0.465 e. The van der Waals surface area contributed by atoms with Gasteiger partial charge < -0.3 is 20.2 Å². The van der Waals surface area contributed by atoms with Crippen LogP contribution in [-0.2, 0) is 4.43 Å². The lowest BCUT2D eigenvalue weighted by Crippen LogP contribution is -2.64. The van der Waals surface area contributed by atoms with E-state index in [1.165, 1.54) is 0 Å². The Balaban J connectivity index is 3.08. The highest BCUT2D eigenvalue weighted by Gasteiger charge is 2.53. The third-order valence-corrected chi connectivity index (χ3v) is 8.96. The van der Waals surface area contributed by atoms with Crippen molar-refractivity contribution in [3.05, 3.63) is 0 Å². The van der Waals surface area contributed by atoms with Crippen molar-refractivity contribution in [3.63, 3.8) is 0 Å². The number of halogens is 3. The average molecular weight is 342 g/mol. The van der Waals surface area contributed by atoms with Crippen LogP contribution in [0.5, 0.6) is 0 Å². The van der Waals surface area contributed by atoms with Gasteiger partial charge in [0.2, 0.25) is 0 Å². The normalized spacial score (nSPS) is 27.5. The zero-order chi connectivity index (χ0) is 17.3. The van der Waals surface area contributed by atoms with Crippen LogP contribution in [0.15, 0.2) is 0 Å². The summed E-state index contributed by atoms with van der Waals surface area (Å²) in [6, 6.07) is -0.924. The quantitative estimate of drug-likeness (QED) is 0.690. The topological polar surface area (TPSA) is 70.6 Å². The highest BCUT2D eigenvalue weighted by Crippen LogP contribution is 2.41. The van der Waals surface area contributed by atoms with E-state index in [0.29, 0.717) is 0 Å². The Hall–Kier alpha value is -0.803. The van der Waals surface area contributed by atoms with E-state index in [9.17, 15) is 18.0 Å². The number of carboxylic acid groups (broad SMARTS) is 1. The predicted molar refractivity (Wildman–Crippen MR) is 79.4 cm³/mol. The lowest BCUT2D eigenvalue weighted by atomic mass is 9.91. The fraction of sp³-hybridized carbons (Fsp3) is 0.923. The molecule has 0 aromatic carbocycles. The van der Waals surface area contributed by atoms with Crippen molar-refractivity contribution >= 4 is 14.4 Å². The number of carbonyl (C=O) groups is 1. The highest BCUT2D eigenvalue weighted by molar-refractivity contribution is 6.74. The van der Waals surface area contributed by atoms with Crippen LogP contribution >= 0.6 is 0 Å². The van der Waals surface area contributed by atoms with Gasteiger partial charge in [-0.15, -0.1) is 0 Å². The van der Waals surface area contributed by atoms with Gasteiger partial charge in [0, 0.05) is 13.1 Å². The lowest BCUT2D eigenvalue weighted by Gasteiger charge is -2.46. The van der Waals surface area contributed by atoms with Crippen molar-refractivity contribution < 1.29 is 27.5 Å². The molecule has 1 fully saturated rings. The summed E-state index contributed by atoms with van der Waals surface area (Å²) in [6.45, 7) is 9.38. The van der Waals surface area contributed by atoms with E-state index in [1.54, 1.807) is 0 Å². The molecule has 0 aliphatic carbocycles. The Morgan fingerprint density at radius 3 is 2.23 bits per heavy atom. The third kappa shape index (κ3) is 4.59. The number of rotatable bonds is 3. The summed E-state index contributed by atoms with van der Waals surface area (Å²) in [5.41, 5.74) is 0. The minimum absolute atomic E-state index is 0.123. The van der Waals surface area contributed by atoms with Crippen molar-refractivity contribution in [2.45, 2.75) is 57.2 Å². The highest BCUT2D eigenvalue weighted by atomic mass is 28.4.